The van der Waals surface area contributed by atoms with E-state index in [-0.39, 0.29) is 0 Å². The van der Waals surface area contributed by atoms with Crippen LogP contribution >= 0.6 is 27.3 Å². The van der Waals surface area contributed by atoms with Crippen LogP contribution in [-0.2, 0) is 6.54 Å². The maximum absolute atomic E-state index is 4.91. The van der Waals surface area contributed by atoms with Crippen molar-refractivity contribution in [3.05, 3.63) is 69.3 Å². The van der Waals surface area contributed by atoms with Crippen LogP contribution in [0.5, 0.6) is 0 Å². The van der Waals surface area contributed by atoms with E-state index in [0.29, 0.717) is 12.4 Å². The molecule has 0 spiro atoms. The van der Waals surface area contributed by atoms with Gasteiger partial charge in [0.15, 0.2) is 11.5 Å². The van der Waals surface area contributed by atoms with Gasteiger partial charge in [-0.15, -0.1) is 16.4 Å². The van der Waals surface area contributed by atoms with Gasteiger partial charge in [-0.05, 0) is 66.9 Å². The minimum atomic E-state index is 0.680. The van der Waals surface area contributed by atoms with Crippen LogP contribution in [-0.4, -0.2) is 34.3 Å². The monoisotopic (exact) mass is 517 g/mol. The highest BCUT2D eigenvalue weighted by Crippen LogP contribution is 2.36. The third kappa shape index (κ3) is 3.26. The number of aromatic nitrogens is 7. The van der Waals surface area contributed by atoms with Crippen molar-refractivity contribution in [2.75, 3.05) is 0 Å². The van der Waals surface area contributed by atoms with E-state index in [1.165, 1.54) is 5.56 Å². The Kier molecular flexibility index (Phi) is 4.60. The Bertz CT molecular complexity index is 1710. The number of rotatable bonds is 3. The first-order valence-electron chi connectivity index (χ1n) is 10.6. The smallest absolute Gasteiger partial charge is 0.182 e. The zero-order chi connectivity index (χ0) is 22.9. The summed E-state index contributed by atoms with van der Waals surface area (Å²) < 4.78 is 5.84. The maximum atomic E-state index is 4.91. The first kappa shape index (κ1) is 20.4. The minimum Gasteiger partial charge on any atom is -0.264 e. The molecule has 0 atom stereocenters. The zero-order valence-electron chi connectivity index (χ0n) is 18.6. The average molecular weight is 518 g/mol. The van der Waals surface area contributed by atoms with E-state index in [2.05, 4.69) is 53.1 Å². The van der Waals surface area contributed by atoms with Gasteiger partial charge in [0.05, 0.1) is 27.9 Å². The van der Waals surface area contributed by atoms with Crippen LogP contribution in [0.15, 0.2) is 41.1 Å². The van der Waals surface area contributed by atoms with Gasteiger partial charge in [0.25, 0.3) is 0 Å². The van der Waals surface area contributed by atoms with Crippen LogP contribution in [0.2, 0.25) is 0 Å². The second-order valence-electron chi connectivity index (χ2n) is 8.33. The first-order chi connectivity index (χ1) is 15.9. The molecule has 9 heteroatoms. The number of nitrogens with zero attached hydrogens (tertiary/aromatic N) is 7. The highest BCUT2D eigenvalue weighted by molar-refractivity contribution is 9.10. The average Bonchev–Trinajstić information content (AvgIpc) is 3.44. The molecule has 0 unspecified atom stereocenters. The number of hydrogen-bond acceptors (Lipinski definition) is 6. The first-order valence-corrected chi connectivity index (χ1v) is 12.2. The molecule has 7 nitrogen and oxygen atoms in total. The maximum Gasteiger partial charge on any atom is 0.182 e. The molecular weight excluding hydrogens is 498 g/mol. The van der Waals surface area contributed by atoms with Crippen molar-refractivity contribution in [3.63, 3.8) is 0 Å². The lowest BCUT2D eigenvalue weighted by atomic mass is 10.1. The van der Waals surface area contributed by atoms with Crippen molar-refractivity contribution in [2.45, 2.75) is 34.2 Å². The van der Waals surface area contributed by atoms with Gasteiger partial charge in [-0.25, -0.2) is 19.5 Å². The number of fused-ring (bicyclic) bond motifs is 5. The van der Waals surface area contributed by atoms with E-state index in [4.69, 9.17) is 20.1 Å². The fourth-order valence-corrected chi connectivity index (χ4v) is 5.81. The Hall–Kier alpha value is -3.17. The lowest BCUT2D eigenvalue weighted by molar-refractivity contribution is 0.659. The fourth-order valence-electron chi connectivity index (χ4n) is 4.30. The molecule has 0 aliphatic rings. The molecule has 0 N–H and O–H groups in total. The molecular formula is C24H20BrN7S. The molecule has 0 saturated carbocycles. The second kappa shape index (κ2) is 7.43. The summed E-state index contributed by atoms with van der Waals surface area (Å²) in [6.07, 6.45) is 1.75. The third-order valence-corrected chi connectivity index (χ3v) is 8.12. The normalized spacial score (nSPS) is 11.9. The van der Waals surface area contributed by atoms with Crippen LogP contribution in [0.1, 0.15) is 28.2 Å². The summed E-state index contributed by atoms with van der Waals surface area (Å²) in [6, 6.07) is 10.4. The van der Waals surface area contributed by atoms with Crippen molar-refractivity contribution < 1.29 is 0 Å². The molecule has 0 bridgehead atoms. The number of hydrogen-bond donors (Lipinski definition) is 0. The molecule has 5 aromatic heterocycles. The molecule has 5 heterocycles. The number of aryl methyl sites for hydroxylation is 3. The summed E-state index contributed by atoms with van der Waals surface area (Å²) in [5, 5.41) is 10.5. The topological polar surface area (TPSA) is 73.8 Å². The van der Waals surface area contributed by atoms with Gasteiger partial charge in [0, 0.05) is 16.6 Å². The van der Waals surface area contributed by atoms with Crippen molar-refractivity contribution in [1.82, 2.24) is 34.3 Å². The molecule has 164 valence electrons. The zero-order valence-corrected chi connectivity index (χ0v) is 21.0. The van der Waals surface area contributed by atoms with Crippen LogP contribution in [0, 0.1) is 27.7 Å². The molecule has 33 heavy (non-hydrogen) atoms. The highest BCUT2D eigenvalue weighted by atomic mass is 79.9. The Morgan fingerprint density at radius 1 is 1.03 bits per heavy atom. The second-order valence-corrected chi connectivity index (χ2v) is 10.1. The molecule has 6 aromatic rings. The lowest BCUT2D eigenvalue weighted by Crippen LogP contribution is -2.04. The molecule has 0 radical (unpaired) electrons. The predicted octanol–water partition coefficient (Wildman–Crippen LogP) is 5.80. The summed E-state index contributed by atoms with van der Waals surface area (Å²) >= 11 is 5.23. The Balaban J connectivity index is 1.45. The predicted molar refractivity (Wildman–Crippen MR) is 135 cm³/mol. The third-order valence-electron chi connectivity index (χ3n) is 5.90. The summed E-state index contributed by atoms with van der Waals surface area (Å²) in [4.78, 5) is 15.3. The van der Waals surface area contributed by atoms with Crippen molar-refractivity contribution in [1.29, 1.82) is 0 Å². The summed E-state index contributed by atoms with van der Waals surface area (Å²) in [5.74, 6) is 0.680. The van der Waals surface area contributed by atoms with E-state index in [0.717, 1.165) is 58.8 Å². The lowest BCUT2D eigenvalue weighted by Gasteiger charge is -2.06. The Morgan fingerprint density at radius 2 is 1.88 bits per heavy atom. The van der Waals surface area contributed by atoms with E-state index in [1.807, 2.05) is 30.7 Å². The molecule has 1 aromatic carbocycles. The molecule has 0 aliphatic carbocycles. The summed E-state index contributed by atoms with van der Waals surface area (Å²) in [5.41, 5.74) is 8.16. The molecule has 0 aliphatic heterocycles. The minimum absolute atomic E-state index is 0.680. The Morgan fingerprint density at radius 3 is 2.67 bits per heavy atom. The van der Waals surface area contributed by atoms with E-state index < -0.39 is 0 Å². The van der Waals surface area contributed by atoms with Gasteiger partial charge in [-0.1, -0.05) is 18.2 Å². The largest absolute Gasteiger partial charge is 0.264 e. The summed E-state index contributed by atoms with van der Waals surface area (Å²) in [7, 11) is 0. The van der Waals surface area contributed by atoms with Crippen molar-refractivity contribution >= 4 is 53.3 Å². The van der Waals surface area contributed by atoms with E-state index in [9.17, 15) is 0 Å². The Labute approximate surface area is 202 Å². The van der Waals surface area contributed by atoms with Gasteiger partial charge < -0.3 is 0 Å². The van der Waals surface area contributed by atoms with Gasteiger partial charge in [-0.3, -0.25) is 4.68 Å². The quantitative estimate of drug-likeness (QED) is 0.296. The summed E-state index contributed by atoms with van der Waals surface area (Å²) in [6.45, 7) is 8.89. The van der Waals surface area contributed by atoms with Crippen molar-refractivity contribution in [3.8, 4) is 11.4 Å². The fraction of sp³-hybridized carbons (Fsp3) is 0.208. The van der Waals surface area contributed by atoms with Gasteiger partial charge in [-0.2, -0.15) is 5.10 Å². The van der Waals surface area contributed by atoms with Crippen LogP contribution in [0.4, 0.5) is 0 Å². The van der Waals surface area contributed by atoms with Crippen LogP contribution < -0.4 is 0 Å². The molecule has 6 rings (SSSR count). The van der Waals surface area contributed by atoms with Crippen LogP contribution in [0.25, 0.3) is 37.5 Å². The molecule has 0 fully saturated rings. The van der Waals surface area contributed by atoms with Gasteiger partial charge in [0.1, 0.15) is 15.9 Å². The highest BCUT2D eigenvalue weighted by Gasteiger charge is 2.17. The number of halogens is 1. The standard InChI is InChI=1S/C24H20BrN7S/c1-12-8-13(2)27-24-18(12)20-21(33-24)23-28-22(30-32(23)11-26-20)17-7-5-6-16(9-17)10-31-15(4)19(25)14(3)29-31/h5-9,11H,10H2,1-4H3. The van der Waals surface area contributed by atoms with E-state index >= 15 is 0 Å². The SMILES string of the molecule is Cc1cc(C)c2c(n1)sc1c2ncn2nc(-c3cccc(Cn4nc(C)c(Br)c4C)c3)nc12. The molecule has 0 amide bonds. The van der Waals surface area contributed by atoms with E-state index in [1.54, 1.807) is 22.2 Å². The van der Waals surface area contributed by atoms with Gasteiger partial charge in [0.2, 0.25) is 0 Å². The van der Waals surface area contributed by atoms with Gasteiger partial charge >= 0.3 is 0 Å². The number of pyridine rings is 1. The number of benzene rings is 1. The van der Waals surface area contributed by atoms with Crippen LogP contribution in [0.3, 0.4) is 0 Å². The molecule has 0 saturated heterocycles. The van der Waals surface area contributed by atoms with Crippen molar-refractivity contribution in [2.24, 2.45) is 0 Å². The number of thiophene rings is 1.